The summed E-state index contributed by atoms with van der Waals surface area (Å²) in [7, 11) is 0. The maximum absolute atomic E-state index is 12.3. The SMILES string of the molecule is CCSc1ccc(NC(=O)c2cccc(C)c2C)cn1. The Morgan fingerprint density at radius 2 is 2.05 bits per heavy atom. The summed E-state index contributed by atoms with van der Waals surface area (Å²) in [5.74, 6) is 0.894. The number of carbonyl (C=O) groups excluding carboxylic acids is 1. The number of pyridine rings is 1. The van der Waals surface area contributed by atoms with Crippen LogP contribution in [0.5, 0.6) is 0 Å². The smallest absolute Gasteiger partial charge is 0.255 e. The zero-order valence-corrected chi connectivity index (χ0v) is 12.8. The molecule has 0 atom stereocenters. The number of aromatic nitrogens is 1. The molecule has 0 aliphatic heterocycles. The van der Waals surface area contributed by atoms with Crippen molar-refractivity contribution in [2.24, 2.45) is 0 Å². The number of hydrogen-bond donors (Lipinski definition) is 1. The predicted octanol–water partition coefficient (Wildman–Crippen LogP) is 4.06. The molecule has 0 aliphatic carbocycles. The summed E-state index contributed by atoms with van der Waals surface area (Å²) in [5.41, 5.74) is 3.55. The van der Waals surface area contributed by atoms with Crippen molar-refractivity contribution in [3.63, 3.8) is 0 Å². The van der Waals surface area contributed by atoms with Gasteiger partial charge in [-0.15, -0.1) is 11.8 Å². The monoisotopic (exact) mass is 286 g/mol. The highest BCUT2D eigenvalue weighted by Gasteiger charge is 2.10. The van der Waals surface area contributed by atoms with Crippen molar-refractivity contribution in [1.29, 1.82) is 0 Å². The Bertz CT molecular complexity index is 608. The first-order valence-corrected chi connectivity index (χ1v) is 7.56. The molecule has 0 aliphatic rings. The van der Waals surface area contributed by atoms with Crippen molar-refractivity contribution >= 4 is 23.4 Å². The molecule has 20 heavy (non-hydrogen) atoms. The summed E-state index contributed by atoms with van der Waals surface area (Å²) in [6.45, 7) is 6.05. The average Bonchev–Trinajstić information content (AvgIpc) is 2.44. The fourth-order valence-electron chi connectivity index (χ4n) is 1.88. The van der Waals surface area contributed by atoms with Crippen molar-refractivity contribution < 1.29 is 4.79 Å². The first-order valence-electron chi connectivity index (χ1n) is 6.58. The number of carbonyl (C=O) groups is 1. The second-order valence-electron chi connectivity index (χ2n) is 4.52. The zero-order valence-electron chi connectivity index (χ0n) is 11.9. The third kappa shape index (κ3) is 3.39. The van der Waals surface area contributed by atoms with E-state index < -0.39 is 0 Å². The Kier molecular flexibility index (Phi) is 4.79. The Hall–Kier alpha value is -1.81. The van der Waals surface area contributed by atoms with Gasteiger partial charge in [-0.2, -0.15) is 0 Å². The van der Waals surface area contributed by atoms with E-state index in [1.54, 1.807) is 18.0 Å². The van der Waals surface area contributed by atoms with Gasteiger partial charge in [0.2, 0.25) is 0 Å². The molecule has 0 saturated heterocycles. The molecule has 0 radical (unpaired) electrons. The summed E-state index contributed by atoms with van der Waals surface area (Å²) >= 11 is 1.68. The van der Waals surface area contributed by atoms with Gasteiger partial charge in [-0.25, -0.2) is 4.98 Å². The van der Waals surface area contributed by atoms with Crippen LogP contribution in [0.4, 0.5) is 5.69 Å². The molecule has 1 amide bonds. The number of nitrogens with one attached hydrogen (secondary N) is 1. The second kappa shape index (κ2) is 6.57. The first kappa shape index (κ1) is 14.6. The van der Waals surface area contributed by atoms with Crippen LogP contribution in [-0.2, 0) is 0 Å². The molecule has 4 heteroatoms. The van der Waals surface area contributed by atoms with Crippen LogP contribution >= 0.6 is 11.8 Å². The van der Waals surface area contributed by atoms with Gasteiger partial charge >= 0.3 is 0 Å². The summed E-state index contributed by atoms with van der Waals surface area (Å²) in [4.78, 5) is 16.6. The molecular weight excluding hydrogens is 268 g/mol. The lowest BCUT2D eigenvalue weighted by Crippen LogP contribution is -2.14. The van der Waals surface area contributed by atoms with Gasteiger partial charge in [-0.05, 0) is 48.9 Å². The van der Waals surface area contributed by atoms with Gasteiger partial charge in [0.15, 0.2) is 0 Å². The van der Waals surface area contributed by atoms with Crippen LogP contribution < -0.4 is 5.32 Å². The van der Waals surface area contributed by atoms with E-state index in [0.717, 1.165) is 27.6 Å². The number of aryl methyl sites for hydroxylation is 1. The quantitative estimate of drug-likeness (QED) is 0.862. The molecular formula is C16H18N2OS. The minimum absolute atomic E-state index is 0.0936. The summed E-state index contributed by atoms with van der Waals surface area (Å²) < 4.78 is 0. The third-order valence-corrected chi connectivity index (χ3v) is 3.96. The molecule has 0 bridgehead atoms. The molecule has 0 fully saturated rings. The van der Waals surface area contributed by atoms with Gasteiger partial charge in [-0.3, -0.25) is 4.79 Å². The lowest BCUT2D eigenvalue weighted by Gasteiger charge is -2.09. The number of benzene rings is 1. The standard InChI is InChI=1S/C16H18N2OS/c1-4-20-15-9-8-13(10-17-15)18-16(19)14-7-5-6-11(2)12(14)3/h5-10H,4H2,1-3H3,(H,18,19). The molecule has 2 rings (SSSR count). The summed E-state index contributed by atoms with van der Waals surface area (Å²) in [6, 6.07) is 9.55. The molecule has 1 N–H and O–H groups in total. The van der Waals surface area contributed by atoms with Crippen LogP contribution in [-0.4, -0.2) is 16.6 Å². The number of thioether (sulfide) groups is 1. The topological polar surface area (TPSA) is 42.0 Å². The van der Waals surface area contributed by atoms with Crippen molar-refractivity contribution in [1.82, 2.24) is 4.98 Å². The molecule has 0 saturated carbocycles. The van der Waals surface area contributed by atoms with Crippen molar-refractivity contribution in [2.75, 3.05) is 11.1 Å². The minimum atomic E-state index is -0.0936. The largest absolute Gasteiger partial charge is 0.321 e. The molecule has 1 aromatic carbocycles. The van der Waals surface area contributed by atoms with Crippen molar-refractivity contribution in [3.05, 3.63) is 53.2 Å². The lowest BCUT2D eigenvalue weighted by atomic mass is 10.0. The maximum atomic E-state index is 12.3. The Labute approximate surface area is 123 Å². The van der Waals surface area contributed by atoms with Crippen molar-refractivity contribution in [3.8, 4) is 0 Å². The van der Waals surface area contributed by atoms with Crippen LogP contribution in [0.1, 0.15) is 28.4 Å². The van der Waals surface area contributed by atoms with Gasteiger partial charge < -0.3 is 5.32 Å². The number of rotatable bonds is 4. The number of amides is 1. The highest BCUT2D eigenvalue weighted by molar-refractivity contribution is 7.99. The molecule has 0 spiro atoms. The van der Waals surface area contributed by atoms with E-state index in [-0.39, 0.29) is 5.91 Å². The van der Waals surface area contributed by atoms with Crippen LogP contribution in [0.25, 0.3) is 0 Å². The zero-order chi connectivity index (χ0) is 14.5. The van der Waals surface area contributed by atoms with E-state index in [0.29, 0.717) is 5.56 Å². The van der Waals surface area contributed by atoms with Crippen molar-refractivity contribution in [2.45, 2.75) is 25.8 Å². The summed E-state index contributed by atoms with van der Waals surface area (Å²) in [5, 5.41) is 3.85. The Morgan fingerprint density at radius 3 is 2.70 bits per heavy atom. The fraction of sp³-hybridized carbons (Fsp3) is 0.250. The van der Waals surface area contributed by atoms with Crippen LogP contribution in [0.2, 0.25) is 0 Å². The van der Waals surface area contributed by atoms with E-state index in [1.807, 2.05) is 44.2 Å². The Balaban J connectivity index is 2.13. The highest BCUT2D eigenvalue weighted by atomic mass is 32.2. The number of anilines is 1. The van der Waals surface area contributed by atoms with Gasteiger partial charge in [0, 0.05) is 5.56 Å². The molecule has 1 aromatic heterocycles. The normalized spacial score (nSPS) is 10.3. The van der Waals surface area contributed by atoms with E-state index in [9.17, 15) is 4.79 Å². The molecule has 3 nitrogen and oxygen atoms in total. The fourth-order valence-corrected chi connectivity index (χ4v) is 2.47. The summed E-state index contributed by atoms with van der Waals surface area (Å²) in [6.07, 6.45) is 1.70. The second-order valence-corrected chi connectivity index (χ2v) is 5.80. The van der Waals surface area contributed by atoms with Gasteiger partial charge in [0.1, 0.15) is 0 Å². The lowest BCUT2D eigenvalue weighted by molar-refractivity contribution is 0.102. The van der Waals surface area contributed by atoms with Crippen LogP contribution in [0.15, 0.2) is 41.6 Å². The van der Waals surface area contributed by atoms with E-state index >= 15 is 0 Å². The third-order valence-electron chi connectivity index (χ3n) is 3.14. The predicted molar refractivity (Wildman–Crippen MR) is 84.5 cm³/mol. The van der Waals surface area contributed by atoms with E-state index in [1.165, 1.54) is 0 Å². The van der Waals surface area contributed by atoms with Gasteiger partial charge in [0.05, 0.1) is 16.9 Å². The molecule has 104 valence electrons. The first-order chi connectivity index (χ1) is 9.61. The van der Waals surface area contributed by atoms with Crippen LogP contribution in [0.3, 0.4) is 0 Å². The Morgan fingerprint density at radius 1 is 1.25 bits per heavy atom. The molecule has 1 heterocycles. The van der Waals surface area contributed by atoms with E-state index in [4.69, 9.17) is 0 Å². The average molecular weight is 286 g/mol. The van der Waals surface area contributed by atoms with Crippen LogP contribution in [0, 0.1) is 13.8 Å². The molecule has 0 unspecified atom stereocenters. The number of nitrogens with zero attached hydrogens (tertiary/aromatic N) is 1. The van der Waals surface area contributed by atoms with E-state index in [2.05, 4.69) is 17.2 Å². The maximum Gasteiger partial charge on any atom is 0.255 e. The van der Waals surface area contributed by atoms with Gasteiger partial charge in [0.25, 0.3) is 5.91 Å². The number of hydrogen-bond acceptors (Lipinski definition) is 3. The minimum Gasteiger partial charge on any atom is -0.321 e. The van der Waals surface area contributed by atoms with Gasteiger partial charge in [-0.1, -0.05) is 19.1 Å². The highest BCUT2D eigenvalue weighted by Crippen LogP contribution is 2.18. The molecule has 2 aromatic rings.